The Kier molecular flexibility index (Phi) is 3.43. The molecule has 1 aromatic rings. The number of aromatic nitrogens is 2. The lowest BCUT2D eigenvalue weighted by molar-refractivity contribution is -0.0513. The van der Waals surface area contributed by atoms with Crippen LogP contribution in [0.4, 0.5) is 5.95 Å². The van der Waals surface area contributed by atoms with Crippen LogP contribution in [0.5, 0.6) is 5.88 Å². The van der Waals surface area contributed by atoms with Crippen molar-refractivity contribution < 1.29 is 9.84 Å². The molecule has 1 saturated carbocycles. The molecule has 0 radical (unpaired) electrons. The first-order chi connectivity index (χ1) is 8.43. The minimum Gasteiger partial charge on any atom is -0.478 e. The Labute approximate surface area is 108 Å². The Morgan fingerprint density at radius 1 is 1.50 bits per heavy atom. The maximum absolute atomic E-state index is 9.71. The van der Waals surface area contributed by atoms with E-state index in [0.29, 0.717) is 18.4 Å². The molecule has 18 heavy (non-hydrogen) atoms. The predicted molar refractivity (Wildman–Crippen MR) is 69.8 cm³/mol. The predicted octanol–water partition coefficient (Wildman–Crippen LogP) is 1.76. The summed E-state index contributed by atoms with van der Waals surface area (Å²) in [6.45, 7) is 8.51. The third-order valence-corrected chi connectivity index (χ3v) is 3.64. The van der Waals surface area contributed by atoms with Gasteiger partial charge in [-0.2, -0.15) is 4.98 Å². The normalized spacial score (nSPS) is 25.4. The monoisotopic (exact) mass is 251 g/mol. The van der Waals surface area contributed by atoms with Gasteiger partial charge in [-0.15, -0.1) is 0 Å². The molecule has 0 amide bonds. The first-order valence-corrected chi connectivity index (χ1v) is 6.36. The molecular weight excluding hydrogens is 230 g/mol. The summed E-state index contributed by atoms with van der Waals surface area (Å²) >= 11 is 0. The van der Waals surface area contributed by atoms with Gasteiger partial charge in [-0.1, -0.05) is 13.8 Å². The SMILES string of the molecule is CCOc1cc(C)nc(NC2CC(O)C2(C)C)n1. The smallest absolute Gasteiger partial charge is 0.226 e. The van der Waals surface area contributed by atoms with Crippen LogP contribution in [0.15, 0.2) is 6.07 Å². The summed E-state index contributed by atoms with van der Waals surface area (Å²) in [7, 11) is 0. The van der Waals surface area contributed by atoms with E-state index < -0.39 is 0 Å². The summed E-state index contributed by atoms with van der Waals surface area (Å²) in [5, 5.41) is 13.0. The van der Waals surface area contributed by atoms with Crippen LogP contribution in [0.3, 0.4) is 0 Å². The molecule has 0 spiro atoms. The molecule has 1 aliphatic rings. The second-order valence-electron chi connectivity index (χ2n) is 5.37. The zero-order valence-corrected chi connectivity index (χ0v) is 11.4. The number of rotatable bonds is 4. The van der Waals surface area contributed by atoms with Crippen LogP contribution in [0.1, 0.15) is 32.9 Å². The Morgan fingerprint density at radius 3 is 2.78 bits per heavy atom. The van der Waals surface area contributed by atoms with Gasteiger partial charge in [-0.05, 0) is 20.3 Å². The number of hydrogen-bond donors (Lipinski definition) is 2. The zero-order chi connectivity index (χ0) is 13.3. The molecule has 2 N–H and O–H groups in total. The van der Waals surface area contributed by atoms with Gasteiger partial charge in [0.2, 0.25) is 11.8 Å². The van der Waals surface area contributed by atoms with Crippen LogP contribution in [0.25, 0.3) is 0 Å². The fourth-order valence-electron chi connectivity index (χ4n) is 2.13. The van der Waals surface area contributed by atoms with Crippen molar-refractivity contribution in [1.29, 1.82) is 0 Å². The van der Waals surface area contributed by atoms with E-state index in [4.69, 9.17) is 4.74 Å². The van der Waals surface area contributed by atoms with Gasteiger partial charge in [-0.25, -0.2) is 4.98 Å². The van der Waals surface area contributed by atoms with Crippen LogP contribution >= 0.6 is 0 Å². The van der Waals surface area contributed by atoms with E-state index in [0.717, 1.165) is 12.1 Å². The lowest BCUT2D eigenvalue weighted by Gasteiger charge is -2.49. The van der Waals surface area contributed by atoms with E-state index >= 15 is 0 Å². The topological polar surface area (TPSA) is 67.3 Å². The Hall–Kier alpha value is -1.36. The van der Waals surface area contributed by atoms with E-state index in [1.807, 2.05) is 33.8 Å². The number of anilines is 1. The lowest BCUT2D eigenvalue weighted by atomic mass is 9.65. The average Bonchev–Trinajstić information content (AvgIpc) is 2.28. The molecule has 1 aromatic heterocycles. The fraction of sp³-hybridized carbons (Fsp3) is 0.692. The molecular formula is C13H21N3O2. The molecule has 1 fully saturated rings. The van der Waals surface area contributed by atoms with Gasteiger partial charge in [0, 0.05) is 23.2 Å². The highest BCUT2D eigenvalue weighted by molar-refractivity contribution is 5.34. The van der Waals surface area contributed by atoms with Crippen molar-refractivity contribution in [3.05, 3.63) is 11.8 Å². The Balaban J connectivity index is 2.10. The summed E-state index contributed by atoms with van der Waals surface area (Å²) in [5.41, 5.74) is 0.729. The van der Waals surface area contributed by atoms with Crippen molar-refractivity contribution in [2.45, 2.75) is 46.3 Å². The minimum absolute atomic E-state index is 0.140. The molecule has 100 valence electrons. The van der Waals surface area contributed by atoms with Crippen molar-refractivity contribution >= 4 is 5.95 Å². The molecule has 1 heterocycles. The van der Waals surface area contributed by atoms with Crippen LogP contribution < -0.4 is 10.1 Å². The number of hydrogen-bond acceptors (Lipinski definition) is 5. The van der Waals surface area contributed by atoms with Crippen molar-refractivity contribution in [3.8, 4) is 5.88 Å². The van der Waals surface area contributed by atoms with Gasteiger partial charge in [-0.3, -0.25) is 0 Å². The number of aliphatic hydroxyl groups is 1. The third kappa shape index (κ3) is 2.41. The summed E-state index contributed by atoms with van der Waals surface area (Å²) in [6, 6.07) is 2.01. The van der Waals surface area contributed by atoms with Gasteiger partial charge in [0.25, 0.3) is 0 Å². The summed E-state index contributed by atoms with van der Waals surface area (Å²) in [6.07, 6.45) is 0.472. The van der Waals surface area contributed by atoms with Crippen LogP contribution in [0, 0.1) is 12.3 Å². The highest BCUT2D eigenvalue weighted by Crippen LogP contribution is 2.41. The standard InChI is InChI=1S/C13H21N3O2/c1-5-18-11-6-8(2)14-12(16-11)15-9-7-10(17)13(9,3)4/h6,9-10,17H,5,7H2,1-4H3,(H,14,15,16). The molecule has 0 aliphatic heterocycles. The largest absolute Gasteiger partial charge is 0.478 e. The van der Waals surface area contributed by atoms with E-state index in [9.17, 15) is 5.11 Å². The highest BCUT2D eigenvalue weighted by atomic mass is 16.5. The Bertz CT molecular complexity index is 434. The lowest BCUT2D eigenvalue weighted by Crippen LogP contribution is -2.57. The second kappa shape index (κ2) is 4.72. The molecule has 2 rings (SSSR count). The van der Waals surface area contributed by atoms with Crippen molar-refractivity contribution in [2.24, 2.45) is 5.41 Å². The fourth-order valence-corrected chi connectivity index (χ4v) is 2.13. The van der Waals surface area contributed by atoms with Crippen LogP contribution in [-0.2, 0) is 0 Å². The quantitative estimate of drug-likeness (QED) is 0.853. The van der Waals surface area contributed by atoms with Crippen LogP contribution in [-0.4, -0.2) is 33.8 Å². The molecule has 5 heteroatoms. The van der Waals surface area contributed by atoms with Crippen molar-refractivity contribution in [3.63, 3.8) is 0 Å². The second-order valence-corrected chi connectivity index (χ2v) is 5.37. The maximum Gasteiger partial charge on any atom is 0.226 e. The zero-order valence-electron chi connectivity index (χ0n) is 11.4. The molecule has 1 aliphatic carbocycles. The minimum atomic E-state index is -0.258. The summed E-state index contributed by atoms with van der Waals surface area (Å²) < 4.78 is 5.39. The molecule has 2 unspecified atom stereocenters. The number of nitrogens with one attached hydrogen (secondary N) is 1. The van der Waals surface area contributed by atoms with E-state index in [-0.39, 0.29) is 17.6 Å². The van der Waals surface area contributed by atoms with Gasteiger partial charge in [0.05, 0.1) is 12.7 Å². The number of ether oxygens (including phenoxy) is 1. The van der Waals surface area contributed by atoms with E-state index in [1.165, 1.54) is 0 Å². The van der Waals surface area contributed by atoms with Gasteiger partial charge in [0.1, 0.15) is 0 Å². The number of aliphatic hydroxyl groups excluding tert-OH is 1. The molecule has 0 bridgehead atoms. The van der Waals surface area contributed by atoms with Crippen molar-refractivity contribution in [1.82, 2.24) is 9.97 Å². The molecule has 0 saturated heterocycles. The molecule has 5 nitrogen and oxygen atoms in total. The number of aryl methyl sites for hydroxylation is 1. The number of nitrogens with zero attached hydrogens (tertiary/aromatic N) is 2. The van der Waals surface area contributed by atoms with Gasteiger partial charge in [0.15, 0.2) is 0 Å². The first kappa shape index (κ1) is 13.1. The molecule has 2 atom stereocenters. The van der Waals surface area contributed by atoms with E-state index in [2.05, 4.69) is 15.3 Å². The first-order valence-electron chi connectivity index (χ1n) is 6.36. The van der Waals surface area contributed by atoms with Crippen LogP contribution in [0.2, 0.25) is 0 Å². The maximum atomic E-state index is 9.71. The Morgan fingerprint density at radius 2 is 2.22 bits per heavy atom. The average molecular weight is 251 g/mol. The molecule has 0 aromatic carbocycles. The third-order valence-electron chi connectivity index (χ3n) is 3.64. The summed E-state index contributed by atoms with van der Waals surface area (Å²) in [5.74, 6) is 1.16. The van der Waals surface area contributed by atoms with Gasteiger partial charge >= 0.3 is 0 Å². The summed E-state index contributed by atoms with van der Waals surface area (Å²) in [4.78, 5) is 8.65. The van der Waals surface area contributed by atoms with Crippen molar-refractivity contribution in [2.75, 3.05) is 11.9 Å². The van der Waals surface area contributed by atoms with E-state index in [1.54, 1.807) is 0 Å². The highest BCUT2D eigenvalue weighted by Gasteiger charge is 2.47. The van der Waals surface area contributed by atoms with Gasteiger partial charge < -0.3 is 15.2 Å².